The van der Waals surface area contributed by atoms with Crippen LogP contribution in [-0.4, -0.2) is 61.0 Å². The van der Waals surface area contributed by atoms with Crippen LogP contribution < -0.4 is 0 Å². The van der Waals surface area contributed by atoms with E-state index in [1.165, 1.54) is 11.1 Å². The molecular formula is C27H33N3O3. The first-order chi connectivity index (χ1) is 16.1. The average molecular weight is 448 g/mol. The van der Waals surface area contributed by atoms with Crippen molar-refractivity contribution >= 4 is 11.8 Å². The number of ether oxygens (including phenoxy) is 1. The predicted molar refractivity (Wildman–Crippen MR) is 122 cm³/mol. The van der Waals surface area contributed by atoms with Gasteiger partial charge in [0, 0.05) is 38.5 Å². The van der Waals surface area contributed by atoms with Gasteiger partial charge in [-0.1, -0.05) is 24.3 Å². The molecule has 3 heterocycles. The van der Waals surface area contributed by atoms with Crippen LogP contribution in [0.5, 0.6) is 0 Å². The van der Waals surface area contributed by atoms with Gasteiger partial charge in [-0.25, -0.2) is 0 Å². The number of rotatable bonds is 3. The second-order valence-corrected chi connectivity index (χ2v) is 11.0. The van der Waals surface area contributed by atoms with E-state index in [0.29, 0.717) is 30.7 Å². The van der Waals surface area contributed by atoms with E-state index in [4.69, 9.17) is 4.74 Å². The van der Waals surface area contributed by atoms with E-state index >= 15 is 0 Å². The fourth-order valence-corrected chi connectivity index (χ4v) is 7.30. The second-order valence-electron chi connectivity index (χ2n) is 11.0. The number of nitriles is 1. The third-order valence-corrected chi connectivity index (χ3v) is 9.26. The van der Waals surface area contributed by atoms with Gasteiger partial charge in [0.05, 0.1) is 25.2 Å². The van der Waals surface area contributed by atoms with Crippen LogP contribution in [0.4, 0.5) is 0 Å². The predicted octanol–water partition coefficient (Wildman–Crippen LogP) is 3.08. The molecular weight excluding hydrogens is 414 g/mol. The van der Waals surface area contributed by atoms with Gasteiger partial charge in [0.25, 0.3) is 0 Å². The molecule has 1 aromatic carbocycles. The number of fused-ring (bicyclic) bond motifs is 3. The first kappa shape index (κ1) is 21.2. The number of amides is 2. The topological polar surface area (TPSA) is 73.6 Å². The number of hydrogen-bond donors (Lipinski definition) is 0. The molecule has 6 rings (SSSR count). The number of benzene rings is 1. The summed E-state index contributed by atoms with van der Waals surface area (Å²) in [6, 6.07) is 11.0. The summed E-state index contributed by atoms with van der Waals surface area (Å²) in [5.41, 5.74) is 2.81. The van der Waals surface area contributed by atoms with Gasteiger partial charge in [0.2, 0.25) is 11.8 Å². The highest BCUT2D eigenvalue weighted by molar-refractivity contribution is 5.83. The van der Waals surface area contributed by atoms with Crippen LogP contribution in [0.15, 0.2) is 24.3 Å². The Kier molecular flexibility index (Phi) is 5.21. The van der Waals surface area contributed by atoms with Gasteiger partial charge in [-0.15, -0.1) is 0 Å². The van der Waals surface area contributed by atoms with Gasteiger partial charge in [-0.05, 0) is 66.4 Å². The van der Waals surface area contributed by atoms with Crippen LogP contribution in [0, 0.1) is 35.0 Å². The molecule has 0 bridgehead atoms. The molecule has 4 fully saturated rings. The van der Waals surface area contributed by atoms with E-state index in [-0.39, 0.29) is 29.1 Å². The van der Waals surface area contributed by atoms with Gasteiger partial charge >= 0.3 is 0 Å². The first-order valence-corrected chi connectivity index (χ1v) is 12.7. The summed E-state index contributed by atoms with van der Waals surface area (Å²) < 4.78 is 5.47. The molecule has 5 aliphatic rings. The summed E-state index contributed by atoms with van der Waals surface area (Å²) in [4.78, 5) is 30.2. The molecule has 2 amide bonds. The van der Waals surface area contributed by atoms with Crippen LogP contribution >= 0.6 is 0 Å². The van der Waals surface area contributed by atoms with Crippen molar-refractivity contribution in [1.82, 2.24) is 9.80 Å². The molecule has 1 aromatic rings. The Labute approximate surface area is 195 Å². The number of nitrogens with zero attached hydrogens (tertiary/aromatic N) is 3. The molecule has 5 atom stereocenters. The molecule has 1 saturated carbocycles. The molecule has 6 nitrogen and oxygen atoms in total. The number of likely N-dealkylation sites (tertiary alicyclic amines) is 2. The summed E-state index contributed by atoms with van der Waals surface area (Å²) >= 11 is 0. The smallest absolute Gasteiger partial charge is 0.226 e. The van der Waals surface area contributed by atoms with E-state index < -0.39 is 0 Å². The maximum atomic E-state index is 13.2. The summed E-state index contributed by atoms with van der Waals surface area (Å²) in [6.45, 7) is 4.52. The quantitative estimate of drug-likeness (QED) is 0.714. The fourth-order valence-electron chi connectivity index (χ4n) is 7.30. The highest BCUT2D eigenvalue weighted by Gasteiger charge is 2.59. The lowest BCUT2D eigenvalue weighted by Gasteiger charge is -2.41. The van der Waals surface area contributed by atoms with Crippen molar-refractivity contribution in [2.75, 3.05) is 39.4 Å². The molecule has 0 radical (unpaired) electrons. The zero-order valence-corrected chi connectivity index (χ0v) is 19.2. The summed E-state index contributed by atoms with van der Waals surface area (Å²) in [6.07, 6.45) is 5.33. The number of carbonyl (C=O) groups is 2. The lowest BCUT2D eigenvalue weighted by Crippen LogP contribution is -2.45. The Morgan fingerprint density at radius 2 is 1.85 bits per heavy atom. The van der Waals surface area contributed by atoms with Gasteiger partial charge in [0.1, 0.15) is 0 Å². The number of hydrogen-bond acceptors (Lipinski definition) is 4. The maximum Gasteiger partial charge on any atom is 0.226 e. The minimum absolute atomic E-state index is 0.0238. The molecule has 1 spiro atoms. The average Bonchev–Trinajstić information content (AvgIpc) is 3.18. The van der Waals surface area contributed by atoms with Crippen LogP contribution in [0.2, 0.25) is 0 Å². The van der Waals surface area contributed by atoms with Crippen molar-refractivity contribution in [3.63, 3.8) is 0 Å². The minimum atomic E-state index is -0.0238. The normalized spacial score (nSPS) is 34.0. The monoisotopic (exact) mass is 447 g/mol. The molecule has 0 N–H and O–H groups in total. The summed E-state index contributed by atoms with van der Waals surface area (Å²) in [5.74, 6) is 1.89. The Bertz CT molecular complexity index is 983. The Hall–Kier alpha value is -2.39. The minimum Gasteiger partial charge on any atom is -0.381 e. The highest BCUT2D eigenvalue weighted by Crippen LogP contribution is 2.55. The maximum absolute atomic E-state index is 13.2. The van der Waals surface area contributed by atoms with Crippen LogP contribution in [0.1, 0.15) is 55.6 Å². The van der Waals surface area contributed by atoms with E-state index in [0.717, 1.165) is 65.0 Å². The SMILES string of the molecule is N#C[C@@H]1CCCN(C(=O)CC2CC3(CCN(C(=O)C4[C@H]5COC[C@@H]45)CC3)c3ccccc32)C1. The molecule has 2 aliphatic carbocycles. The van der Waals surface area contributed by atoms with Gasteiger partial charge < -0.3 is 14.5 Å². The number of carbonyl (C=O) groups excluding carboxylic acids is 2. The van der Waals surface area contributed by atoms with Crippen LogP contribution in [0.3, 0.4) is 0 Å². The second kappa shape index (κ2) is 8.13. The lowest BCUT2D eigenvalue weighted by molar-refractivity contribution is -0.135. The molecule has 3 aliphatic heterocycles. The lowest BCUT2D eigenvalue weighted by atomic mass is 9.73. The number of piperidine rings is 2. The first-order valence-electron chi connectivity index (χ1n) is 12.7. The molecule has 33 heavy (non-hydrogen) atoms. The Morgan fingerprint density at radius 1 is 1.09 bits per heavy atom. The molecule has 0 aromatic heterocycles. The van der Waals surface area contributed by atoms with Crippen molar-refractivity contribution < 1.29 is 14.3 Å². The third-order valence-electron chi connectivity index (χ3n) is 9.26. The van der Waals surface area contributed by atoms with Crippen molar-refractivity contribution in [2.45, 2.75) is 49.9 Å². The Balaban J connectivity index is 1.13. The van der Waals surface area contributed by atoms with E-state index in [2.05, 4.69) is 35.2 Å². The van der Waals surface area contributed by atoms with Gasteiger partial charge in [0.15, 0.2) is 0 Å². The molecule has 3 saturated heterocycles. The summed E-state index contributed by atoms with van der Waals surface area (Å²) in [5, 5.41) is 9.29. The zero-order chi connectivity index (χ0) is 22.6. The van der Waals surface area contributed by atoms with E-state index in [9.17, 15) is 14.9 Å². The van der Waals surface area contributed by atoms with Gasteiger partial charge in [-0.2, -0.15) is 5.26 Å². The van der Waals surface area contributed by atoms with Gasteiger partial charge in [-0.3, -0.25) is 9.59 Å². The third kappa shape index (κ3) is 3.56. The van der Waals surface area contributed by atoms with E-state index in [1.54, 1.807) is 0 Å². The van der Waals surface area contributed by atoms with Crippen molar-refractivity contribution in [3.05, 3.63) is 35.4 Å². The highest BCUT2D eigenvalue weighted by atomic mass is 16.5. The van der Waals surface area contributed by atoms with Crippen LogP contribution in [0.25, 0.3) is 0 Å². The van der Waals surface area contributed by atoms with E-state index in [1.807, 2.05) is 4.90 Å². The van der Waals surface area contributed by atoms with Crippen molar-refractivity contribution in [1.29, 1.82) is 5.26 Å². The molecule has 174 valence electrons. The molecule has 6 heteroatoms. The zero-order valence-electron chi connectivity index (χ0n) is 19.2. The standard InChI is InChI=1S/C27H33N3O3/c28-14-18-4-3-9-30(15-18)24(31)12-19-13-27(23-6-2-1-5-20(19)23)7-10-29(11-8-27)26(32)25-21-16-33-17-22(21)25/h1-2,5-6,18-19,21-22,25H,3-4,7-13,15-17H2/t18-,19?,21-,22+,25?/m0/s1. The van der Waals surface area contributed by atoms with Crippen molar-refractivity contribution in [3.8, 4) is 6.07 Å². The largest absolute Gasteiger partial charge is 0.381 e. The Morgan fingerprint density at radius 3 is 2.61 bits per heavy atom. The fraction of sp³-hybridized carbons (Fsp3) is 0.667. The summed E-state index contributed by atoms with van der Waals surface area (Å²) in [7, 11) is 0. The van der Waals surface area contributed by atoms with Crippen molar-refractivity contribution in [2.24, 2.45) is 23.7 Å². The molecule has 2 unspecified atom stereocenters. The van der Waals surface area contributed by atoms with Crippen LogP contribution in [-0.2, 0) is 19.7 Å².